The van der Waals surface area contributed by atoms with E-state index in [1.54, 1.807) is 6.16 Å². The van der Waals surface area contributed by atoms with Crippen LogP contribution in [-0.2, 0) is 0 Å². The molecular weight excluding hydrogens is 151 g/mol. The van der Waals surface area contributed by atoms with E-state index in [4.69, 9.17) is 0 Å². The maximum atomic E-state index is 2.48. The Morgan fingerprint density at radius 1 is 1.36 bits per heavy atom. The summed E-state index contributed by atoms with van der Waals surface area (Å²) in [6, 6.07) is 0. The minimum atomic E-state index is 0.463. The Balaban J connectivity index is 2.06. The Morgan fingerprint density at radius 3 is 2.55 bits per heavy atom. The molecule has 1 fully saturated rings. The summed E-state index contributed by atoms with van der Waals surface area (Å²) in [5.41, 5.74) is 1.14. The van der Waals surface area contributed by atoms with Gasteiger partial charge in [-0.3, -0.25) is 0 Å². The highest BCUT2D eigenvalue weighted by atomic mass is 31.1. The summed E-state index contributed by atoms with van der Waals surface area (Å²) in [6.07, 6.45) is 7.39. The first-order chi connectivity index (χ1) is 5.25. The van der Waals surface area contributed by atoms with E-state index in [1.807, 2.05) is 0 Å². The Bertz CT molecular complexity index is 103. The molecule has 0 radical (unpaired) electrons. The molecule has 0 spiro atoms. The molecule has 0 aromatic rings. The van der Waals surface area contributed by atoms with Crippen LogP contribution in [0.15, 0.2) is 0 Å². The lowest BCUT2D eigenvalue weighted by molar-refractivity contribution is 0.501. The fraction of sp³-hybridized carbons (Fsp3) is 1.00. The average molecular weight is 172 g/mol. The van der Waals surface area contributed by atoms with E-state index in [9.17, 15) is 0 Å². The minimum absolute atomic E-state index is 0.463. The number of rotatable bonds is 4. The van der Waals surface area contributed by atoms with E-state index in [2.05, 4.69) is 20.5 Å². The van der Waals surface area contributed by atoms with E-state index in [-0.39, 0.29) is 0 Å². The molecule has 0 nitrogen and oxygen atoms in total. The maximum absolute atomic E-state index is 2.48. The summed E-state index contributed by atoms with van der Waals surface area (Å²) in [5, 5.41) is 0. The third kappa shape index (κ3) is 2.44. The molecule has 1 saturated heterocycles. The molecule has 1 heteroatoms. The van der Waals surface area contributed by atoms with Crippen LogP contribution in [0.2, 0.25) is 0 Å². The van der Waals surface area contributed by atoms with E-state index in [0.717, 1.165) is 11.6 Å². The Kier molecular flexibility index (Phi) is 3.85. The van der Waals surface area contributed by atoms with Crippen molar-refractivity contribution in [3.05, 3.63) is 0 Å². The van der Waals surface area contributed by atoms with Crippen LogP contribution >= 0.6 is 7.92 Å². The lowest BCUT2D eigenvalue weighted by atomic mass is 10.0. The molecule has 3 unspecified atom stereocenters. The first kappa shape index (κ1) is 9.52. The van der Waals surface area contributed by atoms with Gasteiger partial charge in [0.15, 0.2) is 0 Å². The van der Waals surface area contributed by atoms with Crippen LogP contribution in [0.3, 0.4) is 0 Å². The second kappa shape index (κ2) is 4.45. The second-order valence-electron chi connectivity index (χ2n) is 3.98. The maximum Gasteiger partial charge on any atom is -0.0182 e. The molecule has 0 amide bonds. The van der Waals surface area contributed by atoms with Gasteiger partial charge in [0.25, 0.3) is 0 Å². The topological polar surface area (TPSA) is 0 Å². The van der Waals surface area contributed by atoms with Crippen molar-refractivity contribution < 1.29 is 0 Å². The normalized spacial score (nSPS) is 36.8. The van der Waals surface area contributed by atoms with Gasteiger partial charge in [-0.1, -0.05) is 33.1 Å². The summed E-state index contributed by atoms with van der Waals surface area (Å²) >= 11 is 0. The predicted molar refractivity (Wildman–Crippen MR) is 54.8 cm³/mol. The number of unbranched alkanes of at least 4 members (excludes halogenated alkanes) is 2. The van der Waals surface area contributed by atoms with Gasteiger partial charge in [0, 0.05) is 0 Å². The van der Waals surface area contributed by atoms with Crippen LogP contribution < -0.4 is 0 Å². The third-order valence-electron chi connectivity index (χ3n) is 2.90. The molecule has 1 heterocycles. The molecule has 1 aliphatic heterocycles. The van der Waals surface area contributed by atoms with Gasteiger partial charge in [0.05, 0.1) is 0 Å². The molecule has 11 heavy (non-hydrogen) atoms. The Hall–Kier alpha value is 0.430. The van der Waals surface area contributed by atoms with Gasteiger partial charge in [0.1, 0.15) is 0 Å². The van der Waals surface area contributed by atoms with Crippen molar-refractivity contribution in [2.75, 3.05) is 12.8 Å². The summed E-state index contributed by atoms with van der Waals surface area (Å²) in [4.78, 5) is 0. The van der Waals surface area contributed by atoms with Crippen LogP contribution in [0.1, 0.15) is 39.5 Å². The predicted octanol–water partition coefficient (Wildman–Crippen LogP) is 3.70. The van der Waals surface area contributed by atoms with Crippen LogP contribution in [-0.4, -0.2) is 18.5 Å². The van der Waals surface area contributed by atoms with E-state index in [1.165, 1.54) is 25.7 Å². The molecule has 0 saturated carbocycles. The van der Waals surface area contributed by atoms with E-state index >= 15 is 0 Å². The van der Waals surface area contributed by atoms with Gasteiger partial charge in [-0.25, -0.2) is 0 Å². The molecule has 0 aliphatic carbocycles. The quantitative estimate of drug-likeness (QED) is 0.448. The van der Waals surface area contributed by atoms with Crippen molar-refractivity contribution in [2.45, 2.75) is 45.2 Å². The van der Waals surface area contributed by atoms with Crippen molar-refractivity contribution in [2.24, 2.45) is 5.92 Å². The summed E-state index contributed by atoms with van der Waals surface area (Å²) in [6.45, 7) is 7.20. The highest BCUT2D eigenvalue weighted by Crippen LogP contribution is 2.55. The lowest BCUT2D eigenvalue weighted by Crippen LogP contribution is -2.30. The molecule has 1 rings (SSSR count). The standard InChI is InChI=1S/C10H21P/c1-4-5-6-7-10-9(2)8-11(10)3/h9-10H,4-8H2,1-3H3. The summed E-state index contributed by atoms with van der Waals surface area (Å²) in [7, 11) is 0.463. The number of hydrogen-bond acceptors (Lipinski definition) is 0. The van der Waals surface area contributed by atoms with Gasteiger partial charge in [-0.05, 0) is 30.8 Å². The molecule has 0 N–H and O–H groups in total. The molecule has 1 aliphatic rings. The average Bonchev–Trinajstić information content (AvgIpc) is 1.98. The molecule has 0 bridgehead atoms. The Labute approximate surface area is 72.5 Å². The smallest absolute Gasteiger partial charge is 0.0182 e. The van der Waals surface area contributed by atoms with Crippen LogP contribution in [0, 0.1) is 5.92 Å². The van der Waals surface area contributed by atoms with Crippen molar-refractivity contribution in [3.63, 3.8) is 0 Å². The van der Waals surface area contributed by atoms with Gasteiger partial charge < -0.3 is 0 Å². The first-order valence-electron chi connectivity index (χ1n) is 4.96. The van der Waals surface area contributed by atoms with Crippen LogP contribution in [0.4, 0.5) is 0 Å². The molecule has 0 aromatic heterocycles. The first-order valence-corrected chi connectivity index (χ1v) is 7.00. The summed E-state index contributed by atoms with van der Waals surface area (Å²) in [5.74, 6) is 1.06. The van der Waals surface area contributed by atoms with Crippen molar-refractivity contribution in [3.8, 4) is 0 Å². The zero-order chi connectivity index (χ0) is 8.27. The monoisotopic (exact) mass is 172 g/mol. The van der Waals surface area contributed by atoms with Crippen LogP contribution in [0.5, 0.6) is 0 Å². The zero-order valence-corrected chi connectivity index (χ0v) is 9.03. The molecule has 3 atom stereocenters. The molecule has 0 aromatic carbocycles. The van der Waals surface area contributed by atoms with Crippen molar-refractivity contribution in [1.29, 1.82) is 0 Å². The van der Waals surface area contributed by atoms with Crippen molar-refractivity contribution in [1.82, 2.24) is 0 Å². The molecular formula is C10H21P. The van der Waals surface area contributed by atoms with Gasteiger partial charge in [-0.15, -0.1) is 7.92 Å². The molecule has 66 valence electrons. The van der Waals surface area contributed by atoms with Gasteiger partial charge in [-0.2, -0.15) is 0 Å². The highest BCUT2D eigenvalue weighted by molar-refractivity contribution is 7.59. The SMILES string of the molecule is CCCCCC1C(C)CP1C. The second-order valence-corrected chi connectivity index (χ2v) is 6.52. The van der Waals surface area contributed by atoms with E-state index < -0.39 is 0 Å². The highest BCUT2D eigenvalue weighted by Gasteiger charge is 2.32. The fourth-order valence-electron chi connectivity index (χ4n) is 2.12. The van der Waals surface area contributed by atoms with Gasteiger partial charge >= 0.3 is 0 Å². The minimum Gasteiger partial charge on any atom is -0.106 e. The third-order valence-corrected chi connectivity index (χ3v) is 5.95. The lowest BCUT2D eigenvalue weighted by Gasteiger charge is -2.41. The van der Waals surface area contributed by atoms with Crippen molar-refractivity contribution >= 4 is 7.92 Å². The summed E-state index contributed by atoms with van der Waals surface area (Å²) < 4.78 is 0. The van der Waals surface area contributed by atoms with Gasteiger partial charge in [0.2, 0.25) is 0 Å². The number of hydrogen-bond donors (Lipinski definition) is 0. The zero-order valence-electron chi connectivity index (χ0n) is 8.14. The largest absolute Gasteiger partial charge is 0.106 e. The Morgan fingerprint density at radius 2 is 2.09 bits per heavy atom. The fourth-order valence-corrected chi connectivity index (χ4v) is 4.76. The van der Waals surface area contributed by atoms with E-state index in [0.29, 0.717) is 7.92 Å². The van der Waals surface area contributed by atoms with Crippen LogP contribution in [0.25, 0.3) is 0 Å².